The number of likely N-dealkylation sites (tertiary alicyclic amines) is 1. The van der Waals surface area contributed by atoms with E-state index in [9.17, 15) is 14.4 Å². The summed E-state index contributed by atoms with van der Waals surface area (Å²) in [4.78, 5) is 43.5. The average molecular weight is 350 g/mol. The third kappa shape index (κ3) is 3.10. The Hall–Kier alpha value is -2.45. The molecule has 0 unspecified atom stereocenters. The minimum absolute atomic E-state index is 0.127. The second kappa shape index (κ2) is 6.12. The van der Waals surface area contributed by atoms with Crippen LogP contribution in [0.15, 0.2) is 4.52 Å². The standard InChI is InChI=1S/C16H22N4O5/c1-9(2)12-17-13(25-18-12)10-6-5-7-19(10)11(21)8-20-14(22)16(3,4)24-15(20)23/h9-10H,5-8H2,1-4H3/t10-/m0/s1. The summed E-state index contributed by atoms with van der Waals surface area (Å²) in [5, 5.41) is 3.94. The molecule has 0 bridgehead atoms. The second-order valence-electron chi connectivity index (χ2n) is 7.16. The van der Waals surface area contributed by atoms with Crippen LogP contribution < -0.4 is 0 Å². The van der Waals surface area contributed by atoms with E-state index in [0.717, 1.165) is 11.3 Å². The zero-order valence-electron chi connectivity index (χ0n) is 14.8. The number of nitrogens with zero attached hydrogens (tertiary/aromatic N) is 4. The van der Waals surface area contributed by atoms with E-state index in [2.05, 4.69) is 10.1 Å². The summed E-state index contributed by atoms with van der Waals surface area (Å²) >= 11 is 0. The molecule has 1 atom stereocenters. The quantitative estimate of drug-likeness (QED) is 0.812. The first-order chi connectivity index (χ1) is 11.7. The monoisotopic (exact) mass is 350 g/mol. The molecule has 25 heavy (non-hydrogen) atoms. The maximum Gasteiger partial charge on any atom is 0.418 e. The minimum Gasteiger partial charge on any atom is -0.433 e. The minimum atomic E-state index is -1.24. The number of rotatable bonds is 4. The van der Waals surface area contributed by atoms with Gasteiger partial charge in [-0.05, 0) is 26.7 Å². The fourth-order valence-electron chi connectivity index (χ4n) is 3.03. The summed E-state index contributed by atoms with van der Waals surface area (Å²) in [7, 11) is 0. The molecule has 9 heteroatoms. The first-order valence-electron chi connectivity index (χ1n) is 8.38. The molecule has 0 aromatic carbocycles. The average Bonchev–Trinajstić information content (AvgIpc) is 3.21. The second-order valence-corrected chi connectivity index (χ2v) is 7.16. The predicted molar refractivity (Wildman–Crippen MR) is 84.3 cm³/mol. The van der Waals surface area contributed by atoms with Gasteiger partial charge in [0.1, 0.15) is 12.6 Å². The summed E-state index contributed by atoms with van der Waals surface area (Å²) in [6.07, 6.45) is 0.702. The first-order valence-corrected chi connectivity index (χ1v) is 8.38. The van der Waals surface area contributed by atoms with Gasteiger partial charge in [-0.2, -0.15) is 4.98 Å². The Morgan fingerprint density at radius 3 is 2.64 bits per heavy atom. The lowest BCUT2D eigenvalue weighted by atomic mass is 10.1. The molecule has 2 fully saturated rings. The molecule has 1 aromatic rings. The highest BCUT2D eigenvalue weighted by atomic mass is 16.6. The Morgan fingerprint density at radius 1 is 1.36 bits per heavy atom. The molecule has 9 nitrogen and oxygen atoms in total. The topological polar surface area (TPSA) is 106 Å². The van der Waals surface area contributed by atoms with Crippen molar-refractivity contribution in [2.45, 2.75) is 58.1 Å². The van der Waals surface area contributed by atoms with Crippen LogP contribution >= 0.6 is 0 Å². The zero-order valence-corrected chi connectivity index (χ0v) is 14.8. The number of carbonyl (C=O) groups is 3. The molecule has 0 N–H and O–H groups in total. The summed E-state index contributed by atoms with van der Waals surface area (Å²) in [6.45, 7) is 7.09. The summed E-state index contributed by atoms with van der Waals surface area (Å²) in [5.74, 6) is 0.262. The van der Waals surface area contributed by atoms with Crippen LogP contribution in [0.4, 0.5) is 4.79 Å². The molecule has 2 aliphatic heterocycles. The van der Waals surface area contributed by atoms with Gasteiger partial charge in [-0.3, -0.25) is 9.59 Å². The van der Waals surface area contributed by atoms with E-state index in [1.54, 1.807) is 4.90 Å². The van der Waals surface area contributed by atoms with Crippen LogP contribution in [0.5, 0.6) is 0 Å². The highest BCUT2D eigenvalue weighted by molar-refractivity contribution is 6.04. The Bertz CT molecular complexity index is 711. The van der Waals surface area contributed by atoms with Gasteiger partial charge in [-0.1, -0.05) is 19.0 Å². The van der Waals surface area contributed by atoms with Crippen LogP contribution in [0.1, 0.15) is 64.2 Å². The van der Waals surface area contributed by atoms with Crippen molar-refractivity contribution in [2.24, 2.45) is 0 Å². The summed E-state index contributed by atoms with van der Waals surface area (Å²) in [6, 6.07) is -0.325. The number of cyclic esters (lactones) is 1. The Kier molecular flexibility index (Phi) is 4.26. The number of hydrogen-bond acceptors (Lipinski definition) is 7. The Balaban J connectivity index is 1.73. The molecule has 1 aromatic heterocycles. The molecule has 0 saturated carbocycles. The largest absolute Gasteiger partial charge is 0.433 e. The lowest BCUT2D eigenvalue weighted by molar-refractivity contribution is -0.140. The van der Waals surface area contributed by atoms with Crippen molar-refractivity contribution in [3.63, 3.8) is 0 Å². The number of aromatic nitrogens is 2. The fraction of sp³-hybridized carbons (Fsp3) is 0.688. The van der Waals surface area contributed by atoms with Gasteiger partial charge in [0.15, 0.2) is 11.4 Å². The van der Waals surface area contributed by atoms with E-state index in [1.165, 1.54) is 13.8 Å². The van der Waals surface area contributed by atoms with Gasteiger partial charge in [-0.15, -0.1) is 0 Å². The van der Waals surface area contributed by atoms with Gasteiger partial charge in [0.2, 0.25) is 11.8 Å². The third-order valence-electron chi connectivity index (χ3n) is 4.45. The molecule has 3 amide bonds. The van der Waals surface area contributed by atoms with E-state index in [4.69, 9.17) is 9.26 Å². The lowest BCUT2D eigenvalue weighted by Crippen LogP contribution is -2.44. The van der Waals surface area contributed by atoms with E-state index in [-0.39, 0.29) is 24.4 Å². The third-order valence-corrected chi connectivity index (χ3v) is 4.45. The van der Waals surface area contributed by atoms with Crippen molar-refractivity contribution in [1.29, 1.82) is 0 Å². The first kappa shape index (κ1) is 17.4. The highest BCUT2D eigenvalue weighted by Crippen LogP contribution is 2.32. The van der Waals surface area contributed by atoms with Crippen LogP contribution in [0.3, 0.4) is 0 Å². The van der Waals surface area contributed by atoms with Gasteiger partial charge >= 0.3 is 6.09 Å². The van der Waals surface area contributed by atoms with Crippen LogP contribution in [0, 0.1) is 0 Å². The normalized spacial score (nSPS) is 22.8. The van der Waals surface area contributed by atoms with Gasteiger partial charge in [-0.25, -0.2) is 9.69 Å². The number of imide groups is 1. The Morgan fingerprint density at radius 2 is 2.08 bits per heavy atom. The van der Waals surface area contributed by atoms with Crippen LogP contribution in [-0.2, 0) is 14.3 Å². The molecule has 3 heterocycles. The molecule has 0 aliphatic carbocycles. The van der Waals surface area contributed by atoms with Gasteiger partial charge in [0.25, 0.3) is 5.91 Å². The van der Waals surface area contributed by atoms with Gasteiger partial charge in [0, 0.05) is 12.5 Å². The smallest absolute Gasteiger partial charge is 0.418 e. The van der Waals surface area contributed by atoms with E-state index in [1.807, 2.05) is 13.8 Å². The number of amides is 3. The molecular formula is C16H22N4O5. The van der Waals surface area contributed by atoms with Crippen molar-refractivity contribution in [3.8, 4) is 0 Å². The zero-order chi connectivity index (χ0) is 18.4. The Labute approximate surface area is 145 Å². The molecule has 3 rings (SSSR count). The lowest BCUT2D eigenvalue weighted by Gasteiger charge is -2.23. The van der Waals surface area contributed by atoms with Gasteiger partial charge in [0.05, 0.1) is 0 Å². The fourth-order valence-corrected chi connectivity index (χ4v) is 3.03. The molecular weight excluding hydrogens is 328 g/mol. The van der Waals surface area contributed by atoms with E-state index in [0.29, 0.717) is 24.7 Å². The van der Waals surface area contributed by atoms with E-state index < -0.39 is 17.6 Å². The molecule has 0 spiro atoms. The summed E-state index contributed by atoms with van der Waals surface area (Å²) in [5.41, 5.74) is -1.24. The SMILES string of the molecule is CC(C)c1noc([C@@H]2CCCN2C(=O)CN2C(=O)OC(C)(C)C2=O)n1. The van der Waals surface area contributed by atoms with Crippen LogP contribution in [0.2, 0.25) is 0 Å². The van der Waals surface area contributed by atoms with Crippen molar-refractivity contribution in [2.75, 3.05) is 13.1 Å². The number of hydrogen-bond donors (Lipinski definition) is 0. The molecule has 2 saturated heterocycles. The number of carbonyl (C=O) groups excluding carboxylic acids is 3. The maximum atomic E-state index is 12.7. The van der Waals surface area contributed by atoms with Crippen LogP contribution in [0.25, 0.3) is 0 Å². The molecule has 136 valence electrons. The van der Waals surface area contributed by atoms with Crippen molar-refractivity contribution < 1.29 is 23.6 Å². The highest BCUT2D eigenvalue weighted by Gasteiger charge is 2.48. The predicted octanol–water partition coefficient (Wildman–Crippen LogP) is 1.61. The number of ether oxygens (including phenoxy) is 1. The van der Waals surface area contributed by atoms with E-state index >= 15 is 0 Å². The maximum absolute atomic E-state index is 12.7. The van der Waals surface area contributed by atoms with Crippen molar-refractivity contribution in [1.82, 2.24) is 19.9 Å². The molecule has 0 radical (unpaired) electrons. The summed E-state index contributed by atoms with van der Waals surface area (Å²) < 4.78 is 10.3. The van der Waals surface area contributed by atoms with Crippen molar-refractivity contribution >= 4 is 17.9 Å². The van der Waals surface area contributed by atoms with Crippen molar-refractivity contribution in [3.05, 3.63) is 11.7 Å². The van der Waals surface area contributed by atoms with Crippen LogP contribution in [-0.4, -0.2) is 56.5 Å². The van der Waals surface area contributed by atoms with Gasteiger partial charge < -0.3 is 14.2 Å². The molecule has 2 aliphatic rings.